The SMILES string of the molecule is CC(c1cc(S(N)(=O)=O)nn1C1CC1)N1CCC1.COc1ccc(CN(Cc2ccc(OC)cc2)S(=O)(=O)c2cc(C(C)N3CCC3)n(C3CC3)n2)cc1. The lowest BCUT2D eigenvalue weighted by Gasteiger charge is -2.36. The molecule has 2 aliphatic carbocycles. The van der Waals surface area contributed by atoms with Crippen LogP contribution in [0.1, 0.15) is 99.1 Å². The van der Waals surface area contributed by atoms with Gasteiger partial charge in [-0.05, 0) is 87.8 Å². The number of nitrogens with two attached hydrogens (primary N) is 1. The van der Waals surface area contributed by atoms with Crippen molar-refractivity contribution in [2.24, 2.45) is 5.14 Å². The van der Waals surface area contributed by atoms with E-state index < -0.39 is 20.0 Å². The first-order valence-corrected chi connectivity index (χ1v) is 21.8. The second-order valence-corrected chi connectivity index (χ2v) is 18.2. The van der Waals surface area contributed by atoms with E-state index in [-0.39, 0.29) is 35.2 Å². The van der Waals surface area contributed by atoms with Crippen LogP contribution in [-0.4, -0.2) is 90.9 Å². The van der Waals surface area contributed by atoms with Gasteiger partial charge in [0.2, 0.25) is 0 Å². The summed E-state index contributed by atoms with van der Waals surface area (Å²) in [6, 6.07) is 19.4. The predicted octanol–water partition coefficient (Wildman–Crippen LogP) is 5.03. The van der Waals surface area contributed by atoms with E-state index in [1.807, 2.05) is 57.9 Å². The van der Waals surface area contributed by atoms with Crippen molar-refractivity contribution in [2.45, 2.75) is 99.7 Å². The van der Waals surface area contributed by atoms with Crippen molar-refractivity contribution >= 4 is 20.0 Å². The summed E-state index contributed by atoms with van der Waals surface area (Å²) in [6.07, 6.45) is 6.63. The van der Waals surface area contributed by atoms with Crippen LogP contribution in [0.15, 0.2) is 70.7 Å². The number of primary sulfonamides is 1. The van der Waals surface area contributed by atoms with E-state index in [4.69, 9.17) is 14.6 Å². The van der Waals surface area contributed by atoms with Crippen LogP contribution in [0.25, 0.3) is 0 Å². The van der Waals surface area contributed by atoms with Gasteiger partial charge in [0.25, 0.3) is 20.0 Å². The van der Waals surface area contributed by atoms with Gasteiger partial charge < -0.3 is 9.47 Å². The van der Waals surface area contributed by atoms with Gasteiger partial charge >= 0.3 is 0 Å². The third-order valence-corrected chi connectivity index (χ3v) is 13.4. The van der Waals surface area contributed by atoms with Crippen molar-refractivity contribution in [3.05, 3.63) is 83.2 Å². The van der Waals surface area contributed by atoms with E-state index in [0.717, 1.165) is 85.9 Å². The molecule has 2 unspecified atom stereocenters. The lowest BCUT2D eigenvalue weighted by atomic mass is 10.1. The zero-order chi connectivity index (χ0) is 38.2. The maximum atomic E-state index is 14.1. The molecular formula is C38H52N8O6S2. The highest BCUT2D eigenvalue weighted by Gasteiger charge is 2.36. The fourth-order valence-electron chi connectivity index (χ4n) is 6.94. The Morgan fingerprint density at radius 1 is 0.685 bits per heavy atom. The van der Waals surface area contributed by atoms with Crippen molar-refractivity contribution in [3.8, 4) is 11.5 Å². The molecule has 8 rings (SSSR count). The monoisotopic (exact) mass is 780 g/mol. The van der Waals surface area contributed by atoms with E-state index in [1.54, 1.807) is 26.4 Å². The maximum absolute atomic E-state index is 14.1. The van der Waals surface area contributed by atoms with E-state index in [0.29, 0.717) is 12.1 Å². The second-order valence-electron chi connectivity index (χ2n) is 14.8. The summed E-state index contributed by atoms with van der Waals surface area (Å²) in [5.41, 5.74) is 3.72. The number of benzene rings is 2. The largest absolute Gasteiger partial charge is 0.497 e. The summed E-state index contributed by atoms with van der Waals surface area (Å²) < 4.78 is 66.8. The summed E-state index contributed by atoms with van der Waals surface area (Å²) in [7, 11) is -4.34. The summed E-state index contributed by atoms with van der Waals surface area (Å²) in [6.45, 7) is 8.93. The van der Waals surface area contributed by atoms with Crippen LogP contribution in [0, 0.1) is 0 Å². The van der Waals surface area contributed by atoms with Gasteiger partial charge in [-0.15, -0.1) is 0 Å². The summed E-state index contributed by atoms with van der Waals surface area (Å²) in [4.78, 5) is 4.70. The highest BCUT2D eigenvalue weighted by molar-refractivity contribution is 7.89. The molecular weight excluding hydrogens is 729 g/mol. The fraction of sp³-hybridized carbons (Fsp3) is 0.526. The third-order valence-electron chi connectivity index (χ3n) is 10.9. The van der Waals surface area contributed by atoms with Crippen molar-refractivity contribution in [1.29, 1.82) is 0 Å². The molecule has 0 amide bonds. The van der Waals surface area contributed by atoms with Gasteiger partial charge in [0.1, 0.15) is 11.5 Å². The highest BCUT2D eigenvalue weighted by atomic mass is 32.2. The van der Waals surface area contributed by atoms with Gasteiger partial charge in [0.05, 0.1) is 37.7 Å². The van der Waals surface area contributed by atoms with E-state index >= 15 is 0 Å². The van der Waals surface area contributed by atoms with Gasteiger partial charge in [-0.2, -0.15) is 14.5 Å². The molecule has 2 N–H and O–H groups in total. The Labute approximate surface area is 318 Å². The average molecular weight is 781 g/mol. The molecule has 0 bridgehead atoms. The topological polar surface area (TPSA) is 158 Å². The fourth-order valence-corrected chi connectivity index (χ4v) is 8.79. The zero-order valence-electron chi connectivity index (χ0n) is 31.5. The number of aromatic nitrogens is 4. The number of ether oxygens (including phenoxy) is 2. The highest BCUT2D eigenvalue weighted by Crippen LogP contribution is 2.40. The quantitative estimate of drug-likeness (QED) is 0.174. The third kappa shape index (κ3) is 8.53. The number of methoxy groups -OCH3 is 2. The molecule has 4 aromatic rings. The molecule has 2 aromatic carbocycles. The lowest BCUT2D eigenvalue weighted by Crippen LogP contribution is -2.39. The molecule has 2 saturated heterocycles. The first-order chi connectivity index (χ1) is 25.8. The molecule has 14 nitrogen and oxygen atoms in total. The predicted molar refractivity (Wildman–Crippen MR) is 204 cm³/mol. The van der Waals surface area contributed by atoms with E-state index in [9.17, 15) is 16.8 Å². The van der Waals surface area contributed by atoms with Crippen LogP contribution < -0.4 is 14.6 Å². The summed E-state index contributed by atoms with van der Waals surface area (Å²) in [5, 5.41) is 14.2. The number of likely N-dealkylation sites (tertiary alicyclic amines) is 2. The maximum Gasteiger partial charge on any atom is 0.263 e. The zero-order valence-corrected chi connectivity index (χ0v) is 33.2. The summed E-state index contributed by atoms with van der Waals surface area (Å²) in [5.74, 6) is 1.47. The van der Waals surface area contributed by atoms with Gasteiger partial charge in [-0.25, -0.2) is 22.0 Å². The lowest BCUT2D eigenvalue weighted by molar-refractivity contribution is 0.122. The molecule has 4 aliphatic rings. The van der Waals surface area contributed by atoms with Crippen molar-refractivity contribution in [1.82, 2.24) is 33.7 Å². The smallest absolute Gasteiger partial charge is 0.263 e. The van der Waals surface area contributed by atoms with E-state index in [2.05, 4.69) is 33.8 Å². The minimum atomic E-state index is -3.86. The Hall–Kier alpha value is -3.80. The number of nitrogens with zero attached hydrogens (tertiary/aromatic N) is 7. The Morgan fingerprint density at radius 3 is 1.41 bits per heavy atom. The molecule has 2 atom stereocenters. The van der Waals surface area contributed by atoms with Crippen LogP contribution in [0.2, 0.25) is 0 Å². The summed E-state index contributed by atoms with van der Waals surface area (Å²) >= 11 is 0. The number of sulfonamides is 2. The van der Waals surface area contributed by atoms with Crippen molar-refractivity contribution in [2.75, 3.05) is 40.4 Å². The van der Waals surface area contributed by atoms with E-state index in [1.165, 1.54) is 17.1 Å². The van der Waals surface area contributed by atoms with Crippen molar-refractivity contribution in [3.63, 3.8) is 0 Å². The van der Waals surface area contributed by atoms with Crippen LogP contribution in [0.3, 0.4) is 0 Å². The van der Waals surface area contributed by atoms with Crippen LogP contribution in [0.4, 0.5) is 0 Å². The minimum absolute atomic E-state index is 0.00299. The van der Waals surface area contributed by atoms with Crippen LogP contribution in [0.5, 0.6) is 11.5 Å². The Kier molecular flexibility index (Phi) is 11.2. The van der Waals surface area contributed by atoms with Gasteiger partial charge in [0, 0.05) is 63.5 Å². The molecule has 4 heterocycles. The molecule has 0 radical (unpaired) electrons. The molecule has 2 aliphatic heterocycles. The molecule has 54 heavy (non-hydrogen) atoms. The standard InChI is InChI=1S/C27H34N4O4S.C11H18N4O2S/c1-20(29-15-4-16-29)26-17-27(28-31(26)23-9-10-23)36(32,33)30(18-21-5-11-24(34-2)12-6-21)19-22-7-13-25(35-3)14-8-22;1-8(14-5-2-6-14)10-7-11(18(12,16)17)13-15(10)9-3-4-9/h5-8,11-14,17,20,23H,4,9-10,15-16,18-19H2,1-3H3;7-9H,2-6H2,1H3,(H2,12,16,17). The number of rotatable bonds is 15. The normalized spacial score (nSPS) is 19.0. The van der Waals surface area contributed by atoms with Gasteiger partial charge in [-0.3, -0.25) is 19.2 Å². The molecule has 2 aromatic heterocycles. The molecule has 4 fully saturated rings. The molecule has 292 valence electrons. The van der Waals surface area contributed by atoms with Crippen LogP contribution >= 0.6 is 0 Å². The van der Waals surface area contributed by atoms with Gasteiger partial charge in [0.15, 0.2) is 10.1 Å². The Balaban J connectivity index is 0.000000208. The van der Waals surface area contributed by atoms with Crippen molar-refractivity contribution < 1.29 is 26.3 Å². The molecule has 16 heteroatoms. The molecule has 0 spiro atoms. The Bertz CT molecular complexity index is 2070. The second kappa shape index (κ2) is 15.7. The number of hydrogen-bond donors (Lipinski definition) is 1. The average Bonchev–Trinajstić information content (AvgIpc) is 4.04. The first-order valence-electron chi connectivity index (χ1n) is 18.8. The van der Waals surface area contributed by atoms with Crippen LogP contribution in [-0.2, 0) is 33.1 Å². The molecule has 2 saturated carbocycles. The Morgan fingerprint density at radius 2 is 1.07 bits per heavy atom. The minimum Gasteiger partial charge on any atom is -0.497 e. The number of hydrogen-bond acceptors (Lipinski definition) is 10. The first kappa shape index (κ1) is 38.5. The van der Waals surface area contributed by atoms with Gasteiger partial charge in [-0.1, -0.05) is 24.3 Å².